The predicted octanol–water partition coefficient (Wildman–Crippen LogP) is 18.5. The highest BCUT2D eigenvalue weighted by atomic mass is 16.6. The summed E-state index contributed by atoms with van der Waals surface area (Å²) in [6.45, 7) is 6.31. The Bertz CT molecular complexity index is 1450. The van der Waals surface area contributed by atoms with Gasteiger partial charge in [-0.3, -0.25) is 14.4 Å². The van der Waals surface area contributed by atoms with Gasteiger partial charge < -0.3 is 14.2 Å². The molecule has 0 rings (SSSR count). The van der Waals surface area contributed by atoms with Gasteiger partial charge in [0, 0.05) is 19.3 Å². The van der Waals surface area contributed by atoms with E-state index in [1.165, 1.54) is 96.3 Å². The van der Waals surface area contributed by atoms with E-state index >= 15 is 0 Å². The molecule has 6 nitrogen and oxygen atoms in total. The molecule has 0 saturated carbocycles. The zero-order valence-corrected chi connectivity index (χ0v) is 43.8. The van der Waals surface area contributed by atoms with Gasteiger partial charge >= 0.3 is 17.9 Å². The molecule has 0 N–H and O–H groups in total. The van der Waals surface area contributed by atoms with Crippen LogP contribution in [0.4, 0.5) is 0 Å². The number of unbranched alkanes of at least 4 members (excludes halogenated alkanes) is 25. The van der Waals surface area contributed by atoms with Crippen molar-refractivity contribution < 1.29 is 28.6 Å². The lowest BCUT2D eigenvalue weighted by Gasteiger charge is -2.18. The van der Waals surface area contributed by atoms with Crippen LogP contribution in [0.3, 0.4) is 0 Å². The average molecular weight is 941 g/mol. The zero-order valence-electron chi connectivity index (χ0n) is 43.8. The Balaban J connectivity index is 4.50. The van der Waals surface area contributed by atoms with Crippen molar-refractivity contribution in [1.82, 2.24) is 0 Å². The highest BCUT2D eigenvalue weighted by molar-refractivity contribution is 5.71. The fourth-order valence-electron chi connectivity index (χ4n) is 7.37. The van der Waals surface area contributed by atoms with E-state index in [0.717, 1.165) is 96.3 Å². The Morgan fingerprint density at radius 2 is 0.574 bits per heavy atom. The molecule has 0 aliphatic rings. The third-order valence-electron chi connectivity index (χ3n) is 11.5. The topological polar surface area (TPSA) is 78.9 Å². The maximum Gasteiger partial charge on any atom is 0.306 e. The number of ether oxygens (including phenoxy) is 3. The number of hydrogen-bond acceptors (Lipinski definition) is 6. The molecule has 0 aromatic rings. The molecule has 0 aliphatic carbocycles. The summed E-state index contributed by atoms with van der Waals surface area (Å²) in [5.41, 5.74) is 0. The van der Waals surface area contributed by atoms with Gasteiger partial charge in [0.15, 0.2) is 6.10 Å². The van der Waals surface area contributed by atoms with Gasteiger partial charge in [0.05, 0.1) is 0 Å². The minimum Gasteiger partial charge on any atom is -0.462 e. The molecule has 0 aromatic carbocycles. The van der Waals surface area contributed by atoms with Crippen molar-refractivity contribution in [2.45, 2.75) is 239 Å². The summed E-state index contributed by atoms with van der Waals surface area (Å²) in [7, 11) is 0. The third kappa shape index (κ3) is 52.8. The summed E-state index contributed by atoms with van der Waals surface area (Å²) in [6.07, 6.45) is 76.1. The molecule has 384 valence electrons. The molecule has 0 spiro atoms. The van der Waals surface area contributed by atoms with E-state index in [2.05, 4.69) is 69.4 Å². The first-order chi connectivity index (χ1) is 33.5. The number of esters is 3. The smallest absolute Gasteiger partial charge is 0.306 e. The molecule has 0 aliphatic heterocycles. The molecule has 68 heavy (non-hydrogen) atoms. The van der Waals surface area contributed by atoms with E-state index in [1.54, 1.807) is 0 Å². The van der Waals surface area contributed by atoms with E-state index < -0.39 is 6.10 Å². The third-order valence-corrected chi connectivity index (χ3v) is 11.5. The molecule has 0 radical (unpaired) electrons. The van der Waals surface area contributed by atoms with Crippen LogP contribution in [0.25, 0.3) is 0 Å². The SMILES string of the molecule is CC\C=C/C=C\C=C/C=C\C=C\C=C/C=C\CCCCCC(=O)OCC(COC(=O)CCCCCCC\C=C/C=C\C=C/CC)OC(=O)CCCCCCCCCCCCCCCCCCCC. The molecule has 0 heterocycles. The molecule has 1 atom stereocenters. The Kier molecular flexibility index (Phi) is 52.0. The monoisotopic (exact) mass is 941 g/mol. The molecular formula is C62H100O6. The predicted molar refractivity (Wildman–Crippen MR) is 293 cm³/mol. The first kappa shape index (κ1) is 63.8. The summed E-state index contributed by atoms with van der Waals surface area (Å²) >= 11 is 0. The molecule has 0 fully saturated rings. The quantitative estimate of drug-likeness (QED) is 0.0262. The van der Waals surface area contributed by atoms with Crippen molar-refractivity contribution in [1.29, 1.82) is 0 Å². The van der Waals surface area contributed by atoms with Gasteiger partial charge in [0.2, 0.25) is 0 Å². The van der Waals surface area contributed by atoms with Crippen LogP contribution >= 0.6 is 0 Å². The molecule has 6 heteroatoms. The Hall–Kier alpha value is -4.19. The fourth-order valence-corrected chi connectivity index (χ4v) is 7.37. The number of carbonyl (C=O) groups excluding carboxylic acids is 3. The first-order valence-corrected chi connectivity index (χ1v) is 27.7. The highest BCUT2D eigenvalue weighted by Gasteiger charge is 2.19. The van der Waals surface area contributed by atoms with E-state index in [9.17, 15) is 14.4 Å². The molecule has 1 unspecified atom stereocenters. The summed E-state index contributed by atoms with van der Waals surface area (Å²) in [4.78, 5) is 38.1. The molecule has 0 amide bonds. The lowest BCUT2D eigenvalue weighted by atomic mass is 10.0. The second-order valence-electron chi connectivity index (χ2n) is 18.0. The second-order valence-corrected chi connectivity index (χ2v) is 18.0. The maximum atomic E-state index is 12.8. The van der Waals surface area contributed by atoms with Gasteiger partial charge in [-0.1, -0.05) is 277 Å². The zero-order chi connectivity index (χ0) is 49.3. The normalized spacial score (nSPS) is 13.0. The van der Waals surface area contributed by atoms with E-state index in [1.807, 2.05) is 72.9 Å². The van der Waals surface area contributed by atoms with Crippen molar-refractivity contribution in [2.75, 3.05) is 13.2 Å². The van der Waals surface area contributed by atoms with Crippen LogP contribution < -0.4 is 0 Å². The van der Waals surface area contributed by atoms with Crippen molar-refractivity contribution in [3.8, 4) is 0 Å². The molecule has 0 bridgehead atoms. The van der Waals surface area contributed by atoms with Gasteiger partial charge in [-0.05, 0) is 57.8 Å². The number of allylic oxidation sites excluding steroid dienone is 20. The van der Waals surface area contributed by atoms with Gasteiger partial charge in [-0.2, -0.15) is 0 Å². The summed E-state index contributed by atoms with van der Waals surface area (Å²) in [5, 5.41) is 0. The van der Waals surface area contributed by atoms with Crippen LogP contribution in [-0.4, -0.2) is 37.2 Å². The standard InChI is InChI=1S/C62H100O6/c1-4-7-10-13-16-19-22-25-27-29-31-33-34-37-40-43-46-49-52-55-61(64)67-58-59(57-66-60(63)54-51-48-45-42-39-36-24-21-18-15-12-9-6-3)68-62(65)56-53-50-47-44-41-38-35-32-30-28-26-23-20-17-14-11-8-5-2/h7,9-10,12-13,15-16,18-19,21-22,24-25,27,29,31,33-34,37,40,59H,4-6,8,11,14,17,20,23,26,28,30,32,35-36,38-39,41-58H2,1-3H3/b10-7-,12-9-,16-13-,18-15-,22-19-,24-21-,27-25-,31-29+,34-33-,40-37-. The van der Waals surface area contributed by atoms with Crippen LogP contribution in [0.1, 0.15) is 233 Å². The second kappa shape index (κ2) is 55.4. The van der Waals surface area contributed by atoms with Crippen LogP contribution in [0, 0.1) is 0 Å². The summed E-state index contributed by atoms with van der Waals surface area (Å²) in [5.74, 6) is -0.970. The van der Waals surface area contributed by atoms with Crippen molar-refractivity contribution in [3.05, 3.63) is 122 Å². The number of hydrogen-bond donors (Lipinski definition) is 0. The van der Waals surface area contributed by atoms with E-state index in [0.29, 0.717) is 19.3 Å². The van der Waals surface area contributed by atoms with Crippen molar-refractivity contribution >= 4 is 17.9 Å². The average Bonchev–Trinajstić information content (AvgIpc) is 3.34. The highest BCUT2D eigenvalue weighted by Crippen LogP contribution is 2.16. The van der Waals surface area contributed by atoms with Gasteiger partial charge in [-0.25, -0.2) is 0 Å². The maximum absolute atomic E-state index is 12.8. The van der Waals surface area contributed by atoms with Gasteiger partial charge in [0.1, 0.15) is 13.2 Å². The largest absolute Gasteiger partial charge is 0.462 e. The first-order valence-electron chi connectivity index (χ1n) is 27.7. The Morgan fingerprint density at radius 1 is 0.309 bits per heavy atom. The number of carbonyl (C=O) groups is 3. The van der Waals surface area contributed by atoms with Gasteiger partial charge in [0.25, 0.3) is 0 Å². The molecule has 0 aromatic heterocycles. The van der Waals surface area contributed by atoms with Gasteiger partial charge in [-0.15, -0.1) is 0 Å². The van der Waals surface area contributed by atoms with Crippen molar-refractivity contribution in [3.63, 3.8) is 0 Å². The minimum absolute atomic E-state index is 0.105. The van der Waals surface area contributed by atoms with Crippen LogP contribution in [0.2, 0.25) is 0 Å². The van der Waals surface area contributed by atoms with Crippen LogP contribution in [0.5, 0.6) is 0 Å². The Labute approximate surface area is 418 Å². The van der Waals surface area contributed by atoms with Crippen molar-refractivity contribution in [2.24, 2.45) is 0 Å². The fraction of sp³-hybridized carbons (Fsp3) is 0.629. The van der Waals surface area contributed by atoms with E-state index in [4.69, 9.17) is 14.2 Å². The summed E-state index contributed by atoms with van der Waals surface area (Å²) < 4.78 is 16.8. The Morgan fingerprint density at radius 3 is 0.912 bits per heavy atom. The minimum atomic E-state index is -0.808. The van der Waals surface area contributed by atoms with Crippen LogP contribution in [0.15, 0.2) is 122 Å². The van der Waals surface area contributed by atoms with Crippen LogP contribution in [-0.2, 0) is 28.6 Å². The molecule has 0 saturated heterocycles. The lowest BCUT2D eigenvalue weighted by Crippen LogP contribution is -2.30. The summed E-state index contributed by atoms with van der Waals surface area (Å²) in [6, 6.07) is 0. The van der Waals surface area contributed by atoms with E-state index in [-0.39, 0.29) is 31.1 Å². The molecular weight excluding hydrogens is 841 g/mol. The number of rotatable bonds is 48. The lowest BCUT2D eigenvalue weighted by molar-refractivity contribution is -0.167.